The Morgan fingerprint density at radius 2 is 1.94 bits per heavy atom. The van der Waals surface area contributed by atoms with Gasteiger partial charge in [-0.25, -0.2) is 0 Å². The summed E-state index contributed by atoms with van der Waals surface area (Å²) in [5.74, 6) is 1.07. The van der Waals surface area contributed by atoms with Crippen molar-refractivity contribution in [2.45, 2.75) is 58.3 Å². The summed E-state index contributed by atoms with van der Waals surface area (Å²) in [6, 6.07) is 8.52. The predicted octanol–water partition coefficient (Wildman–Crippen LogP) is 3.95. The Kier molecular flexibility index (Phi) is 8.02. The highest BCUT2D eigenvalue weighted by Gasteiger charge is 2.37. The first-order chi connectivity index (χ1) is 16.1. The number of hydrogen-bond acceptors (Lipinski definition) is 5. The second kappa shape index (κ2) is 11.1. The van der Waals surface area contributed by atoms with Crippen molar-refractivity contribution in [3.05, 3.63) is 41.7 Å². The molecule has 0 radical (unpaired) electrons. The van der Waals surface area contributed by atoms with Crippen LogP contribution in [0.25, 0.3) is 0 Å². The molecule has 1 aromatic carbocycles. The fourth-order valence-corrected chi connectivity index (χ4v) is 5.36. The maximum atomic E-state index is 12.9. The fraction of sp³-hybridized carbons (Fsp3) is 0.654. The SMILES string of the molecule is CCCCN1CCOc2ccccc2CCCCC2(CCN(C(=O)c3cn(C)nn3)CC2)C1. The van der Waals surface area contributed by atoms with E-state index in [-0.39, 0.29) is 11.3 Å². The zero-order valence-corrected chi connectivity index (χ0v) is 20.3. The lowest BCUT2D eigenvalue weighted by molar-refractivity contribution is 0.0371. The van der Waals surface area contributed by atoms with E-state index in [0.717, 1.165) is 64.3 Å². The highest BCUT2D eigenvalue weighted by molar-refractivity contribution is 5.92. The molecular formula is C26H39N5O2. The van der Waals surface area contributed by atoms with E-state index >= 15 is 0 Å². The Bertz CT molecular complexity index is 904. The Morgan fingerprint density at radius 1 is 1.12 bits per heavy atom. The summed E-state index contributed by atoms with van der Waals surface area (Å²) in [4.78, 5) is 17.5. The van der Waals surface area contributed by atoms with Crippen molar-refractivity contribution < 1.29 is 9.53 Å². The molecule has 3 heterocycles. The molecule has 180 valence electrons. The van der Waals surface area contributed by atoms with Gasteiger partial charge < -0.3 is 9.64 Å². The monoisotopic (exact) mass is 453 g/mol. The first-order valence-electron chi connectivity index (χ1n) is 12.7. The number of nitrogens with zero attached hydrogens (tertiary/aromatic N) is 5. The number of carbonyl (C=O) groups excluding carboxylic acids is 1. The number of amides is 1. The summed E-state index contributed by atoms with van der Waals surface area (Å²) in [6.07, 6.45) is 10.9. The lowest BCUT2D eigenvalue weighted by Gasteiger charge is -2.45. The number of para-hydroxylation sites is 1. The lowest BCUT2D eigenvalue weighted by atomic mass is 9.73. The highest BCUT2D eigenvalue weighted by Crippen LogP contribution is 2.38. The minimum atomic E-state index is 0.0129. The Balaban J connectivity index is 1.45. The summed E-state index contributed by atoms with van der Waals surface area (Å²) in [5.41, 5.74) is 2.05. The molecule has 0 atom stereocenters. The second-order valence-corrected chi connectivity index (χ2v) is 9.86. The summed E-state index contributed by atoms with van der Waals surface area (Å²) < 4.78 is 7.83. The predicted molar refractivity (Wildman–Crippen MR) is 129 cm³/mol. The van der Waals surface area contributed by atoms with Gasteiger partial charge in [0.2, 0.25) is 0 Å². The molecular weight excluding hydrogens is 414 g/mol. The molecule has 1 aromatic heterocycles. The van der Waals surface area contributed by atoms with Crippen LogP contribution in [0, 0.1) is 5.41 Å². The van der Waals surface area contributed by atoms with Crippen molar-refractivity contribution in [2.24, 2.45) is 12.5 Å². The van der Waals surface area contributed by atoms with E-state index in [2.05, 4.69) is 46.4 Å². The van der Waals surface area contributed by atoms with E-state index in [4.69, 9.17) is 4.74 Å². The molecule has 0 N–H and O–H groups in total. The van der Waals surface area contributed by atoms with Gasteiger partial charge in [-0.1, -0.05) is 43.2 Å². The number of aryl methyl sites for hydroxylation is 2. The van der Waals surface area contributed by atoms with Crippen LogP contribution < -0.4 is 4.74 Å². The first kappa shape index (κ1) is 23.7. The number of piperidine rings is 1. The first-order valence-corrected chi connectivity index (χ1v) is 12.7. The van der Waals surface area contributed by atoms with Crippen molar-refractivity contribution in [2.75, 3.05) is 39.3 Å². The van der Waals surface area contributed by atoms with Gasteiger partial charge in [0.25, 0.3) is 5.91 Å². The van der Waals surface area contributed by atoms with Gasteiger partial charge in [-0.15, -0.1) is 5.10 Å². The zero-order valence-electron chi connectivity index (χ0n) is 20.3. The summed E-state index contributed by atoms with van der Waals surface area (Å²) >= 11 is 0. The van der Waals surface area contributed by atoms with Crippen LogP contribution in [0.5, 0.6) is 5.75 Å². The number of ether oxygens (including phenoxy) is 1. The van der Waals surface area contributed by atoms with Gasteiger partial charge in [-0.05, 0) is 62.1 Å². The summed E-state index contributed by atoms with van der Waals surface area (Å²) in [5, 5.41) is 7.96. The minimum Gasteiger partial charge on any atom is -0.492 e. The average molecular weight is 454 g/mol. The molecule has 7 heteroatoms. The van der Waals surface area contributed by atoms with Crippen molar-refractivity contribution in [3.63, 3.8) is 0 Å². The number of hydrogen-bond donors (Lipinski definition) is 0. The molecule has 1 spiro atoms. The van der Waals surface area contributed by atoms with Crippen LogP contribution in [0.3, 0.4) is 0 Å². The molecule has 2 aliphatic rings. The maximum Gasteiger partial charge on any atom is 0.276 e. The van der Waals surface area contributed by atoms with Crippen molar-refractivity contribution >= 4 is 5.91 Å². The third-order valence-corrected chi connectivity index (χ3v) is 7.36. The van der Waals surface area contributed by atoms with Gasteiger partial charge in [0.05, 0.1) is 6.20 Å². The van der Waals surface area contributed by atoms with Gasteiger partial charge in [-0.2, -0.15) is 0 Å². The maximum absolute atomic E-state index is 12.9. The highest BCUT2D eigenvalue weighted by atomic mass is 16.5. The van der Waals surface area contributed by atoms with E-state index in [0.29, 0.717) is 5.69 Å². The molecule has 0 bridgehead atoms. The summed E-state index contributed by atoms with van der Waals surface area (Å²) in [7, 11) is 1.80. The standard InChI is InChI=1S/C26H39N5O2/c1-3-4-15-30-18-19-33-24-11-6-5-9-22(24)10-7-8-12-26(21-30)13-16-31(17-14-26)25(32)23-20-29(2)28-27-23/h5-6,9,11,20H,3-4,7-8,10,12-19,21H2,1-2H3. The van der Waals surface area contributed by atoms with Crippen molar-refractivity contribution in [1.29, 1.82) is 0 Å². The van der Waals surface area contributed by atoms with Crippen LogP contribution >= 0.6 is 0 Å². The number of carbonyl (C=O) groups is 1. The van der Waals surface area contributed by atoms with Gasteiger partial charge in [-0.3, -0.25) is 14.4 Å². The Labute approximate surface area is 198 Å². The van der Waals surface area contributed by atoms with E-state index in [9.17, 15) is 4.79 Å². The molecule has 33 heavy (non-hydrogen) atoms. The van der Waals surface area contributed by atoms with Crippen LogP contribution in [-0.2, 0) is 13.5 Å². The third kappa shape index (κ3) is 6.14. The van der Waals surface area contributed by atoms with Gasteiger partial charge >= 0.3 is 0 Å². The minimum absolute atomic E-state index is 0.0129. The molecule has 0 aliphatic carbocycles. The number of unbranched alkanes of at least 4 members (excludes halogenated alkanes) is 1. The topological polar surface area (TPSA) is 63.5 Å². The van der Waals surface area contributed by atoms with Gasteiger partial charge in [0, 0.05) is 33.2 Å². The molecule has 1 saturated heterocycles. The molecule has 0 unspecified atom stereocenters. The number of aromatic nitrogens is 3. The Morgan fingerprint density at radius 3 is 2.70 bits per heavy atom. The average Bonchev–Trinajstić information content (AvgIpc) is 3.26. The van der Waals surface area contributed by atoms with Gasteiger partial charge in [0.15, 0.2) is 5.69 Å². The van der Waals surface area contributed by atoms with E-state index < -0.39 is 0 Å². The number of fused-ring (bicyclic) bond motifs is 1. The number of benzene rings is 1. The molecule has 7 nitrogen and oxygen atoms in total. The molecule has 4 rings (SSSR count). The normalized spacial score (nSPS) is 19.9. The van der Waals surface area contributed by atoms with E-state index in [1.54, 1.807) is 17.9 Å². The van der Waals surface area contributed by atoms with E-state index in [1.807, 2.05) is 4.90 Å². The Hall–Kier alpha value is -2.41. The number of likely N-dealkylation sites (tertiary alicyclic amines) is 1. The molecule has 1 fully saturated rings. The van der Waals surface area contributed by atoms with E-state index in [1.165, 1.54) is 37.7 Å². The number of rotatable bonds is 4. The molecule has 0 saturated carbocycles. The molecule has 2 aliphatic heterocycles. The van der Waals surface area contributed by atoms with Crippen LogP contribution in [0.2, 0.25) is 0 Å². The molecule has 2 aromatic rings. The quantitative estimate of drug-likeness (QED) is 0.702. The molecule has 1 amide bonds. The summed E-state index contributed by atoms with van der Waals surface area (Å²) in [6.45, 7) is 7.77. The van der Waals surface area contributed by atoms with Gasteiger partial charge in [0.1, 0.15) is 12.4 Å². The largest absolute Gasteiger partial charge is 0.492 e. The smallest absolute Gasteiger partial charge is 0.276 e. The van der Waals surface area contributed by atoms with Crippen LogP contribution in [-0.4, -0.2) is 70.0 Å². The van der Waals surface area contributed by atoms with Crippen LogP contribution in [0.15, 0.2) is 30.5 Å². The van der Waals surface area contributed by atoms with Crippen LogP contribution in [0.4, 0.5) is 0 Å². The van der Waals surface area contributed by atoms with Crippen molar-refractivity contribution in [1.82, 2.24) is 24.8 Å². The van der Waals surface area contributed by atoms with Crippen molar-refractivity contribution in [3.8, 4) is 5.75 Å². The zero-order chi connectivity index (χ0) is 23.1. The second-order valence-electron chi connectivity index (χ2n) is 9.86. The third-order valence-electron chi connectivity index (χ3n) is 7.36. The van der Waals surface area contributed by atoms with Crippen LogP contribution in [0.1, 0.15) is 67.9 Å². The fourth-order valence-electron chi connectivity index (χ4n) is 5.36. The lowest BCUT2D eigenvalue weighted by Crippen LogP contribution is -2.49.